The Labute approximate surface area is 161 Å². The Morgan fingerprint density at radius 1 is 1.04 bits per heavy atom. The molecule has 0 aromatic heterocycles. The number of carbonyl (C=O) groups is 1. The second kappa shape index (κ2) is 6.78. The summed E-state index contributed by atoms with van der Waals surface area (Å²) in [6.07, 6.45) is 9.39. The van der Waals surface area contributed by atoms with Crippen molar-refractivity contribution in [3.8, 4) is 0 Å². The predicted octanol–water partition coefficient (Wildman–Crippen LogP) is 3.51. The van der Waals surface area contributed by atoms with Crippen molar-refractivity contribution in [2.45, 2.75) is 69.1 Å². The summed E-state index contributed by atoms with van der Waals surface area (Å²) in [5, 5.41) is 7.01. The van der Waals surface area contributed by atoms with E-state index in [1.54, 1.807) is 0 Å². The Hall–Kier alpha value is -1.59. The molecular formula is C22H31N3O2. The van der Waals surface area contributed by atoms with E-state index < -0.39 is 0 Å². The highest BCUT2D eigenvalue weighted by Crippen LogP contribution is 2.56. The van der Waals surface area contributed by atoms with Gasteiger partial charge in [0.15, 0.2) is 0 Å². The minimum Gasteiger partial charge on any atom is -0.378 e. The fourth-order valence-electron chi connectivity index (χ4n) is 6.54. The van der Waals surface area contributed by atoms with Crippen LogP contribution in [0.1, 0.15) is 51.4 Å². The topological polar surface area (TPSA) is 76.4 Å². The van der Waals surface area contributed by atoms with E-state index in [0.29, 0.717) is 6.54 Å². The van der Waals surface area contributed by atoms with Gasteiger partial charge in [-0.25, -0.2) is 0 Å². The molecule has 5 nitrogen and oxygen atoms in total. The Kier molecular flexibility index (Phi) is 4.40. The van der Waals surface area contributed by atoms with Gasteiger partial charge in [0.25, 0.3) is 5.91 Å². The van der Waals surface area contributed by atoms with Crippen LogP contribution in [0.25, 0.3) is 0 Å². The number of hydrogen-bond acceptors (Lipinski definition) is 4. The molecule has 5 heteroatoms. The molecule has 1 aliphatic heterocycles. The average Bonchev–Trinajstić information content (AvgIpc) is 3.11. The Morgan fingerprint density at radius 3 is 2.26 bits per heavy atom. The summed E-state index contributed by atoms with van der Waals surface area (Å²) < 4.78 is 5.76. The Balaban J connectivity index is 1.31. The van der Waals surface area contributed by atoms with E-state index in [2.05, 4.69) is 22.8 Å². The molecule has 6 rings (SSSR count). The van der Waals surface area contributed by atoms with E-state index in [-0.39, 0.29) is 23.7 Å². The highest BCUT2D eigenvalue weighted by Gasteiger charge is 2.51. The van der Waals surface area contributed by atoms with E-state index in [9.17, 15) is 4.79 Å². The summed E-state index contributed by atoms with van der Waals surface area (Å²) in [4.78, 5) is 12.7. The first kappa shape index (κ1) is 17.5. The van der Waals surface area contributed by atoms with Crippen LogP contribution in [0.2, 0.25) is 0 Å². The van der Waals surface area contributed by atoms with Gasteiger partial charge in [-0.3, -0.25) is 4.79 Å². The first-order valence-corrected chi connectivity index (χ1v) is 10.7. The van der Waals surface area contributed by atoms with Crippen LogP contribution in [-0.2, 0) is 9.53 Å². The largest absolute Gasteiger partial charge is 0.378 e. The van der Waals surface area contributed by atoms with Crippen molar-refractivity contribution in [3.05, 3.63) is 24.3 Å². The molecule has 0 radical (unpaired) electrons. The highest BCUT2D eigenvalue weighted by atomic mass is 16.5. The van der Waals surface area contributed by atoms with E-state index in [1.165, 1.54) is 38.5 Å². The molecule has 146 valence electrons. The first-order chi connectivity index (χ1) is 13.1. The maximum Gasteiger partial charge on any atom is 0.253 e. The van der Waals surface area contributed by atoms with E-state index in [4.69, 9.17) is 10.5 Å². The van der Waals surface area contributed by atoms with Gasteiger partial charge in [-0.2, -0.15) is 0 Å². The van der Waals surface area contributed by atoms with E-state index in [0.717, 1.165) is 42.0 Å². The molecular weight excluding hydrogens is 338 g/mol. The van der Waals surface area contributed by atoms with Gasteiger partial charge in [0, 0.05) is 12.1 Å². The summed E-state index contributed by atoms with van der Waals surface area (Å²) in [5.74, 6) is 2.63. The lowest BCUT2D eigenvalue weighted by Gasteiger charge is -2.57. The summed E-state index contributed by atoms with van der Waals surface area (Å²) in [6.45, 7) is 0.480. The molecule has 4 bridgehead atoms. The molecule has 5 fully saturated rings. The second-order valence-electron chi connectivity index (χ2n) is 9.42. The smallest absolute Gasteiger partial charge is 0.253 e. The van der Waals surface area contributed by atoms with Crippen LogP contribution in [0.5, 0.6) is 0 Å². The van der Waals surface area contributed by atoms with Crippen LogP contribution in [0.4, 0.5) is 11.4 Å². The van der Waals surface area contributed by atoms with Gasteiger partial charge >= 0.3 is 0 Å². The van der Waals surface area contributed by atoms with Crippen LogP contribution < -0.4 is 16.4 Å². The normalized spacial score (nSPS) is 39.5. The van der Waals surface area contributed by atoms with Crippen molar-refractivity contribution >= 4 is 17.3 Å². The van der Waals surface area contributed by atoms with Gasteiger partial charge in [0.2, 0.25) is 0 Å². The molecule has 1 heterocycles. The van der Waals surface area contributed by atoms with Crippen molar-refractivity contribution in [2.75, 3.05) is 17.2 Å². The lowest BCUT2D eigenvalue weighted by Crippen LogP contribution is -2.54. The zero-order chi connectivity index (χ0) is 18.4. The number of ether oxygens (including phenoxy) is 1. The fraction of sp³-hybridized carbons (Fsp3) is 0.682. The van der Waals surface area contributed by atoms with Gasteiger partial charge in [-0.1, -0.05) is 12.1 Å². The highest BCUT2D eigenvalue weighted by molar-refractivity contribution is 5.97. The standard InChI is InChI=1S/C22H31N3O2/c23-13-17-5-6-20(27-17)21(26)24-18-3-1-2-4-19(18)25-22-10-14-7-15(11-22)9-16(8-14)12-22/h1-4,14-17,20,25H,5-13,23H2,(H,24,26)/t14?,15?,16?,17-,20+,22?/m1/s1. The lowest BCUT2D eigenvalue weighted by atomic mass is 9.53. The minimum atomic E-state index is -0.383. The number of nitrogens with two attached hydrogens (primary N) is 1. The van der Waals surface area contributed by atoms with Gasteiger partial charge in [0.05, 0.1) is 17.5 Å². The molecule has 1 amide bonds. The van der Waals surface area contributed by atoms with Crippen LogP contribution in [0.3, 0.4) is 0 Å². The van der Waals surface area contributed by atoms with E-state index >= 15 is 0 Å². The third-order valence-corrected chi connectivity index (χ3v) is 7.29. The van der Waals surface area contributed by atoms with Gasteiger partial charge in [-0.15, -0.1) is 0 Å². The number of carbonyl (C=O) groups excluding carboxylic acids is 1. The second-order valence-corrected chi connectivity index (χ2v) is 9.42. The van der Waals surface area contributed by atoms with Crippen molar-refractivity contribution in [1.29, 1.82) is 0 Å². The molecule has 4 saturated carbocycles. The number of benzene rings is 1. The number of hydrogen-bond donors (Lipinski definition) is 3. The first-order valence-electron chi connectivity index (χ1n) is 10.7. The molecule has 1 aromatic carbocycles. The number of para-hydroxylation sites is 2. The maximum atomic E-state index is 12.7. The van der Waals surface area contributed by atoms with Crippen molar-refractivity contribution in [2.24, 2.45) is 23.5 Å². The summed E-state index contributed by atoms with van der Waals surface area (Å²) in [5.41, 5.74) is 7.83. The van der Waals surface area contributed by atoms with Gasteiger partial charge in [-0.05, 0) is 81.3 Å². The number of amides is 1. The maximum absolute atomic E-state index is 12.7. The zero-order valence-electron chi connectivity index (χ0n) is 16.0. The monoisotopic (exact) mass is 369 g/mol. The lowest BCUT2D eigenvalue weighted by molar-refractivity contribution is -0.126. The Bertz CT molecular complexity index is 684. The molecule has 1 saturated heterocycles. The molecule has 1 aromatic rings. The number of rotatable bonds is 5. The number of anilines is 2. The van der Waals surface area contributed by atoms with Crippen LogP contribution in [0, 0.1) is 17.8 Å². The number of nitrogens with one attached hydrogen (secondary N) is 2. The SMILES string of the molecule is NC[C@H]1CC[C@@H](C(=O)Nc2ccccc2NC23CC4CC(CC(C4)C2)C3)O1. The van der Waals surface area contributed by atoms with Crippen molar-refractivity contribution < 1.29 is 9.53 Å². The third-order valence-electron chi connectivity index (χ3n) is 7.29. The van der Waals surface area contributed by atoms with Gasteiger partial charge in [0.1, 0.15) is 6.10 Å². The molecule has 27 heavy (non-hydrogen) atoms. The molecule has 5 aliphatic rings. The molecule has 4 aliphatic carbocycles. The van der Waals surface area contributed by atoms with Gasteiger partial charge < -0.3 is 21.1 Å². The van der Waals surface area contributed by atoms with Crippen LogP contribution in [0.15, 0.2) is 24.3 Å². The zero-order valence-corrected chi connectivity index (χ0v) is 16.0. The van der Waals surface area contributed by atoms with Crippen LogP contribution in [-0.4, -0.2) is 30.2 Å². The fourth-order valence-corrected chi connectivity index (χ4v) is 6.54. The molecule has 2 atom stereocenters. The van der Waals surface area contributed by atoms with E-state index in [1.807, 2.05) is 12.1 Å². The molecule has 0 spiro atoms. The average molecular weight is 370 g/mol. The van der Waals surface area contributed by atoms with Crippen LogP contribution >= 0.6 is 0 Å². The van der Waals surface area contributed by atoms with Crippen molar-refractivity contribution in [3.63, 3.8) is 0 Å². The molecule has 0 unspecified atom stereocenters. The predicted molar refractivity (Wildman–Crippen MR) is 107 cm³/mol. The molecule has 4 N–H and O–H groups in total. The third kappa shape index (κ3) is 3.36. The Morgan fingerprint density at radius 2 is 1.67 bits per heavy atom. The quantitative estimate of drug-likeness (QED) is 0.742. The minimum absolute atomic E-state index is 0.0149. The summed E-state index contributed by atoms with van der Waals surface area (Å²) in [7, 11) is 0. The summed E-state index contributed by atoms with van der Waals surface area (Å²) in [6, 6.07) is 8.14. The summed E-state index contributed by atoms with van der Waals surface area (Å²) >= 11 is 0. The van der Waals surface area contributed by atoms with Crippen molar-refractivity contribution in [1.82, 2.24) is 0 Å².